The minimum Gasteiger partial charge on any atom is -0.482 e. The van der Waals surface area contributed by atoms with E-state index in [1.807, 2.05) is 13.8 Å². The first-order chi connectivity index (χ1) is 11.3. The molecule has 1 unspecified atom stereocenters. The minimum absolute atomic E-state index is 0.0324. The molecule has 1 rings (SSSR count). The van der Waals surface area contributed by atoms with Crippen LogP contribution in [0.5, 0.6) is 5.75 Å². The number of hydrogen-bond donors (Lipinski definition) is 1. The molecule has 24 heavy (non-hydrogen) atoms. The lowest BCUT2D eigenvalue weighted by Crippen LogP contribution is -2.36. The summed E-state index contributed by atoms with van der Waals surface area (Å²) in [6.07, 6.45) is 0.800. The first-order valence-corrected chi connectivity index (χ1v) is 9.79. The number of rotatable bonds is 9. The number of ether oxygens (including phenoxy) is 1. The number of benzene rings is 1. The van der Waals surface area contributed by atoms with Crippen molar-refractivity contribution in [1.29, 1.82) is 0 Å². The third-order valence-corrected chi connectivity index (χ3v) is 5.91. The summed E-state index contributed by atoms with van der Waals surface area (Å²) in [5, 5.41) is 3.05. The monoisotopic (exact) mass is 376 g/mol. The molecule has 0 fully saturated rings. The van der Waals surface area contributed by atoms with Crippen LogP contribution in [0.25, 0.3) is 0 Å². The molecule has 0 heterocycles. The highest BCUT2D eigenvalue weighted by Crippen LogP contribution is 2.29. The number of carbonyl (C=O) groups is 1. The Morgan fingerprint density at radius 1 is 1.29 bits per heavy atom. The lowest BCUT2D eigenvalue weighted by Gasteiger charge is -2.21. The van der Waals surface area contributed by atoms with Gasteiger partial charge in [0.25, 0.3) is 5.91 Å². The fourth-order valence-corrected chi connectivity index (χ4v) is 3.92. The maximum Gasteiger partial charge on any atom is 0.258 e. The van der Waals surface area contributed by atoms with E-state index in [0.29, 0.717) is 13.1 Å². The summed E-state index contributed by atoms with van der Waals surface area (Å²) in [4.78, 5) is 11.8. The molecule has 0 aliphatic rings. The summed E-state index contributed by atoms with van der Waals surface area (Å²) in [7, 11) is -3.74. The predicted octanol–water partition coefficient (Wildman–Crippen LogP) is 2.66. The highest BCUT2D eigenvalue weighted by atomic mass is 35.5. The van der Waals surface area contributed by atoms with Crippen molar-refractivity contribution in [2.45, 2.75) is 45.1 Å². The molecular formula is C16H25ClN2O4S. The van der Waals surface area contributed by atoms with Crippen LogP contribution in [-0.2, 0) is 14.8 Å². The van der Waals surface area contributed by atoms with E-state index in [1.54, 1.807) is 13.8 Å². The molecule has 8 heteroatoms. The zero-order valence-electron chi connectivity index (χ0n) is 14.5. The Morgan fingerprint density at radius 3 is 2.46 bits per heavy atom. The molecule has 0 saturated carbocycles. The van der Waals surface area contributed by atoms with Crippen molar-refractivity contribution >= 4 is 27.5 Å². The van der Waals surface area contributed by atoms with Gasteiger partial charge in [-0.25, -0.2) is 8.42 Å². The number of halogens is 1. The Balaban J connectivity index is 3.03. The number of sulfonamides is 1. The summed E-state index contributed by atoms with van der Waals surface area (Å²) < 4.78 is 32.2. The first-order valence-electron chi connectivity index (χ1n) is 7.98. The third kappa shape index (κ3) is 5.36. The van der Waals surface area contributed by atoms with Gasteiger partial charge in [-0.05, 0) is 31.5 Å². The van der Waals surface area contributed by atoms with Crippen molar-refractivity contribution in [2.75, 3.05) is 19.7 Å². The van der Waals surface area contributed by atoms with Crippen molar-refractivity contribution in [3.05, 3.63) is 23.2 Å². The number of amides is 1. The van der Waals surface area contributed by atoms with E-state index in [9.17, 15) is 13.2 Å². The first kappa shape index (κ1) is 20.7. The van der Waals surface area contributed by atoms with Crippen LogP contribution < -0.4 is 10.1 Å². The van der Waals surface area contributed by atoms with Gasteiger partial charge in [-0.3, -0.25) is 4.79 Å². The zero-order chi connectivity index (χ0) is 18.3. The highest BCUT2D eigenvalue weighted by molar-refractivity contribution is 7.89. The smallest absolute Gasteiger partial charge is 0.258 e. The maximum atomic E-state index is 12.7. The molecule has 1 aromatic rings. The van der Waals surface area contributed by atoms with Crippen LogP contribution in [0.4, 0.5) is 0 Å². The van der Waals surface area contributed by atoms with Gasteiger partial charge in [-0.2, -0.15) is 4.31 Å². The van der Waals surface area contributed by atoms with Crippen LogP contribution >= 0.6 is 11.6 Å². The summed E-state index contributed by atoms with van der Waals surface area (Å²) in [6.45, 7) is 7.76. The van der Waals surface area contributed by atoms with Gasteiger partial charge in [-0.15, -0.1) is 0 Å². The molecule has 0 aliphatic heterocycles. The normalized spacial score (nSPS) is 12.9. The number of hydrogen-bond acceptors (Lipinski definition) is 4. The van der Waals surface area contributed by atoms with Gasteiger partial charge in [0.1, 0.15) is 10.6 Å². The Labute approximate surface area is 149 Å². The van der Waals surface area contributed by atoms with Crippen LogP contribution in [0, 0.1) is 0 Å². The number of carbonyl (C=O) groups excluding carboxylic acids is 1. The van der Waals surface area contributed by atoms with E-state index in [2.05, 4.69) is 5.32 Å². The number of nitrogens with zero attached hydrogens (tertiary/aromatic N) is 1. The molecule has 1 amide bonds. The van der Waals surface area contributed by atoms with Crippen LogP contribution in [0.2, 0.25) is 5.02 Å². The van der Waals surface area contributed by atoms with Gasteiger partial charge in [0.2, 0.25) is 10.0 Å². The van der Waals surface area contributed by atoms with Crippen LogP contribution in [-0.4, -0.2) is 44.4 Å². The zero-order valence-corrected chi connectivity index (χ0v) is 16.1. The van der Waals surface area contributed by atoms with Crippen molar-refractivity contribution in [3.8, 4) is 5.75 Å². The highest BCUT2D eigenvalue weighted by Gasteiger charge is 2.26. The van der Waals surface area contributed by atoms with Gasteiger partial charge in [0.15, 0.2) is 6.61 Å². The summed E-state index contributed by atoms with van der Waals surface area (Å²) in [5.41, 5.74) is 0. The van der Waals surface area contributed by atoms with Crippen LogP contribution in [0.15, 0.2) is 23.1 Å². The molecule has 1 N–H and O–H groups in total. The molecule has 0 spiro atoms. The van der Waals surface area contributed by atoms with Gasteiger partial charge in [0, 0.05) is 24.2 Å². The average molecular weight is 377 g/mol. The molecule has 0 aromatic heterocycles. The Hall–Kier alpha value is -1.31. The van der Waals surface area contributed by atoms with Gasteiger partial charge in [-0.1, -0.05) is 32.4 Å². The van der Waals surface area contributed by atoms with E-state index in [-0.39, 0.29) is 34.2 Å². The molecule has 1 aromatic carbocycles. The largest absolute Gasteiger partial charge is 0.482 e. The summed E-state index contributed by atoms with van der Waals surface area (Å²) in [5.74, 6) is -0.184. The number of nitrogens with one attached hydrogen (secondary N) is 1. The van der Waals surface area contributed by atoms with Gasteiger partial charge >= 0.3 is 0 Å². The Morgan fingerprint density at radius 2 is 1.92 bits per heavy atom. The van der Waals surface area contributed by atoms with Crippen molar-refractivity contribution in [3.63, 3.8) is 0 Å². The standard InChI is InChI=1S/C16H25ClN2O4S/c1-5-12(4)18-16(20)11-23-14-9-8-13(17)10-15(14)24(21,22)19(6-2)7-3/h8-10,12H,5-7,11H2,1-4H3,(H,18,20). The molecular weight excluding hydrogens is 352 g/mol. The second-order valence-electron chi connectivity index (χ2n) is 5.35. The second-order valence-corrected chi connectivity index (χ2v) is 7.69. The topological polar surface area (TPSA) is 75.7 Å². The van der Waals surface area contributed by atoms with Crippen molar-refractivity contribution < 1.29 is 17.9 Å². The lowest BCUT2D eigenvalue weighted by molar-refractivity contribution is -0.123. The molecule has 0 bridgehead atoms. The molecule has 136 valence electrons. The fraction of sp³-hybridized carbons (Fsp3) is 0.562. The van der Waals surface area contributed by atoms with Crippen molar-refractivity contribution in [2.24, 2.45) is 0 Å². The van der Waals surface area contributed by atoms with Crippen LogP contribution in [0.3, 0.4) is 0 Å². The maximum absolute atomic E-state index is 12.7. The third-order valence-electron chi connectivity index (χ3n) is 3.61. The predicted molar refractivity (Wildman–Crippen MR) is 94.9 cm³/mol. The molecule has 1 atom stereocenters. The van der Waals surface area contributed by atoms with Crippen molar-refractivity contribution in [1.82, 2.24) is 9.62 Å². The van der Waals surface area contributed by atoms with Gasteiger partial charge < -0.3 is 10.1 Å². The van der Waals surface area contributed by atoms with Crippen LogP contribution in [0.1, 0.15) is 34.1 Å². The SMILES string of the molecule is CCC(C)NC(=O)COc1ccc(Cl)cc1S(=O)(=O)N(CC)CC. The minimum atomic E-state index is -3.74. The molecule has 6 nitrogen and oxygen atoms in total. The molecule has 0 aliphatic carbocycles. The van der Waals surface area contributed by atoms with E-state index in [1.165, 1.54) is 22.5 Å². The van der Waals surface area contributed by atoms with E-state index in [4.69, 9.17) is 16.3 Å². The fourth-order valence-electron chi connectivity index (χ4n) is 2.07. The van der Waals surface area contributed by atoms with E-state index < -0.39 is 10.0 Å². The van der Waals surface area contributed by atoms with E-state index in [0.717, 1.165) is 6.42 Å². The Kier molecular flexibility index (Phi) is 7.99. The summed E-state index contributed by atoms with van der Waals surface area (Å²) >= 11 is 5.95. The summed E-state index contributed by atoms with van der Waals surface area (Å²) in [6, 6.07) is 4.38. The second kappa shape index (κ2) is 9.25. The quantitative estimate of drug-likeness (QED) is 0.718. The molecule has 0 radical (unpaired) electrons. The van der Waals surface area contributed by atoms with Gasteiger partial charge in [0.05, 0.1) is 0 Å². The average Bonchev–Trinajstić information content (AvgIpc) is 2.54. The van der Waals surface area contributed by atoms with E-state index >= 15 is 0 Å². The lowest BCUT2D eigenvalue weighted by atomic mass is 10.2. The Bertz CT molecular complexity index is 660. The molecule has 0 saturated heterocycles.